The molecule has 0 aliphatic carbocycles. The highest BCUT2D eigenvalue weighted by Gasteiger charge is 2.40. The van der Waals surface area contributed by atoms with Gasteiger partial charge in [0.15, 0.2) is 0 Å². The maximum absolute atomic E-state index is 13.9. The van der Waals surface area contributed by atoms with Gasteiger partial charge >= 0.3 is 17.8 Å². The summed E-state index contributed by atoms with van der Waals surface area (Å²) >= 11 is 0. The number of carboxylic acid groups (broad SMARTS) is 1. The van der Waals surface area contributed by atoms with Gasteiger partial charge in [-0.15, -0.1) is 0 Å². The number of unbranched alkanes of at least 4 members (excludes halogenated alkanes) is 1. The Balaban J connectivity index is 2.03. The van der Waals surface area contributed by atoms with E-state index in [-0.39, 0.29) is 30.8 Å². The molecule has 0 aliphatic rings. The molecule has 0 saturated carbocycles. The quantitative estimate of drug-likeness (QED) is 0.437. The standard InChI is InChI=1S/C25H27F3N2O3/c1-3-5-10-21-22(25(26,27)28)29(15-4-2)24(33)30(21)16-17-11-13-18(14-12-17)19-8-6-7-9-20(19)23(31)32/h6-9,11-14H,3-5,10,15-16H2,1-2H3,(H,31,32). The fraction of sp³-hybridized carbons (Fsp3) is 0.360. The van der Waals surface area contributed by atoms with E-state index < -0.39 is 23.5 Å². The molecule has 0 saturated heterocycles. The number of hydrogen-bond donors (Lipinski definition) is 1. The van der Waals surface area contributed by atoms with Gasteiger partial charge in [0.1, 0.15) is 5.69 Å². The van der Waals surface area contributed by atoms with Crippen LogP contribution in [0.4, 0.5) is 13.2 Å². The lowest BCUT2D eigenvalue weighted by atomic mass is 9.98. The molecule has 1 heterocycles. The Morgan fingerprint density at radius 2 is 1.64 bits per heavy atom. The summed E-state index contributed by atoms with van der Waals surface area (Å²) in [5.41, 5.74) is 0.553. The molecule has 0 bridgehead atoms. The van der Waals surface area contributed by atoms with E-state index in [4.69, 9.17) is 0 Å². The van der Waals surface area contributed by atoms with Crippen LogP contribution >= 0.6 is 0 Å². The fourth-order valence-corrected chi connectivity index (χ4v) is 4.04. The third kappa shape index (κ3) is 5.21. The van der Waals surface area contributed by atoms with Crippen LogP contribution in [0.2, 0.25) is 0 Å². The molecule has 0 spiro atoms. The van der Waals surface area contributed by atoms with Crippen LogP contribution in [0.1, 0.15) is 60.4 Å². The predicted molar refractivity (Wildman–Crippen MR) is 121 cm³/mol. The summed E-state index contributed by atoms with van der Waals surface area (Å²) in [6.45, 7) is 3.65. The molecule has 1 N–H and O–H groups in total. The van der Waals surface area contributed by atoms with Crippen LogP contribution in [0.15, 0.2) is 53.3 Å². The van der Waals surface area contributed by atoms with Crippen molar-refractivity contribution in [1.29, 1.82) is 0 Å². The van der Waals surface area contributed by atoms with E-state index in [1.807, 2.05) is 6.92 Å². The second-order valence-corrected chi connectivity index (χ2v) is 7.96. The van der Waals surface area contributed by atoms with E-state index in [0.29, 0.717) is 36.0 Å². The number of carboxylic acids is 1. The van der Waals surface area contributed by atoms with Crippen LogP contribution in [0, 0.1) is 0 Å². The molecule has 0 radical (unpaired) electrons. The van der Waals surface area contributed by atoms with E-state index in [1.165, 1.54) is 10.6 Å². The maximum atomic E-state index is 13.9. The molecular weight excluding hydrogens is 433 g/mol. The van der Waals surface area contributed by atoms with Gasteiger partial charge in [0.05, 0.1) is 17.8 Å². The van der Waals surface area contributed by atoms with Gasteiger partial charge in [-0.3, -0.25) is 9.13 Å². The highest BCUT2D eigenvalue weighted by atomic mass is 19.4. The van der Waals surface area contributed by atoms with Crippen molar-refractivity contribution >= 4 is 5.97 Å². The molecule has 5 nitrogen and oxygen atoms in total. The van der Waals surface area contributed by atoms with Crippen LogP contribution in [0.3, 0.4) is 0 Å². The van der Waals surface area contributed by atoms with Gasteiger partial charge in [-0.1, -0.05) is 62.7 Å². The lowest BCUT2D eigenvalue weighted by molar-refractivity contribution is -0.144. The molecule has 1 aromatic heterocycles. The average Bonchev–Trinajstić information content (AvgIpc) is 3.04. The lowest BCUT2D eigenvalue weighted by Gasteiger charge is -2.13. The third-order valence-corrected chi connectivity index (χ3v) is 5.58. The van der Waals surface area contributed by atoms with Crippen LogP contribution in [0.25, 0.3) is 11.1 Å². The zero-order chi connectivity index (χ0) is 24.2. The summed E-state index contributed by atoms with van der Waals surface area (Å²) in [5.74, 6) is -1.04. The molecule has 176 valence electrons. The first-order chi connectivity index (χ1) is 15.7. The maximum Gasteiger partial charge on any atom is 0.433 e. The number of rotatable bonds is 9. The molecular formula is C25H27F3N2O3. The second kappa shape index (κ2) is 10.1. The van der Waals surface area contributed by atoms with Gasteiger partial charge in [0, 0.05) is 6.54 Å². The minimum Gasteiger partial charge on any atom is -0.478 e. The Bertz CT molecular complexity index is 1180. The highest BCUT2D eigenvalue weighted by Crippen LogP contribution is 2.33. The fourth-order valence-electron chi connectivity index (χ4n) is 4.04. The van der Waals surface area contributed by atoms with Crippen molar-refractivity contribution in [3.8, 4) is 11.1 Å². The van der Waals surface area contributed by atoms with Crippen LogP contribution in [0.5, 0.6) is 0 Å². The molecule has 0 amide bonds. The Kier molecular flexibility index (Phi) is 7.46. The van der Waals surface area contributed by atoms with E-state index in [1.54, 1.807) is 49.4 Å². The molecule has 0 fully saturated rings. The summed E-state index contributed by atoms with van der Waals surface area (Å²) < 4.78 is 43.8. The van der Waals surface area contributed by atoms with E-state index in [2.05, 4.69) is 0 Å². The monoisotopic (exact) mass is 460 g/mol. The number of alkyl halides is 3. The van der Waals surface area contributed by atoms with Crippen LogP contribution in [-0.4, -0.2) is 20.2 Å². The zero-order valence-electron chi connectivity index (χ0n) is 18.7. The van der Waals surface area contributed by atoms with Crippen molar-refractivity contribution in [2.75, 3.05) is 0 Å². The van der Waals surface area contributed by atoms with E-state index in [0.717, 1.165) is 4.57 Å². The van der Waals surface area contributed by atoms with Crippen molar-refractivity contribution in [2.24, 2.45) is 0 Å². The zero-order valence-corrected chi connectivity index (χ0v) is 18.7. The van der Waals surface area contributed by atoms with Gasteiger partial charge in [-0.05, 0) is 42.0 Å². The number of halogens is 3. The van der Waals surface area contributed by atoms with Gasteiger partial charge in [-0.25, -0.2) is 9.59 Å². The normalized spacial score (nSPS) is 11.7. The number of carbonyl (C=O) groups is 1. The molecule has 0 unspecified atom stereocenters. The number of aromatic nitrogens is 2. The average molecular weight is 460 g/mol. The van der Waals surface area contributed by atoms with Crippen molar-refractivity contribution < 1.29 is 23.1 Å². The summed E-state index contributed by atoms with van der Waals surface area (Å²) in [5, 5.41) is 9.41. The number of nitrogens with zero attached hydrogens (tertiary/aromatic N) is 2. The molecule has 2 aromatic carbocycles. The first-order valence-electron chi connectivity index (χ1n) is 11.0. The van der Waals surface area contributed by atoms with Gasteiger partial charge in [-0.2, -0.15) is 13.2 Å². The van der Waals surface area contributed by atoms with Gasteiger partial charge < -0.3 is 5.11 Å². The lowest BCUT2D eigenvalue weighted by Crippen LogP contribution is -2.27. The highest BCUT2D eigenvalue weighted by molar-refractivity contribution is 5.95. The van der Waals surface area contributed by atoms with Crippen molar-refractivity contribution in [2.45, 2.75) is 58.8 Å². The summed E-state index contributed by atoms with van der Waals surface area (Å²) in [7, 11) is 0. The molecule has 3 aromatic rings. The van der Waals surface area contributed by atoms with Crippen molar-refractivity contribution in [1.82, 2.24) is 9.13 Å². The Morgan fingerprint density at radius 1 is 0.970 bits per heavy atom. The Labute approximate surface area is 190 Å². The molecule has 0 atom stereocenters. The number of hydrogen-bond acceptors (Lipinski definition) is 2. The topological polar surface area (TPSA) is 64.2 Å². The first kappa shape index (κ1) is 24.4. The van der Waals surface area contributed by atoms with E-state index >= 15 is 0 Å². The summed E-state index contributed by atoms with van der Waals surface area (Å²) in [6.07, 6.45) is -2.78. The van der Waals surface area contributed by atoms with E-state index in [9.17, 15) is 27.9 Å². The molecule has 33 heavy (non-hydrogen) atoms. The largest absolute Gasteiger partial charge is 0.478 e. The molecule has 3 rings (SSSR count). The third-order valence-electron chi connectivity index (χ3n) is 5.58. The summed E-state index contributed by atoms with van der Waals surface area (Å²) in [4.78, 5) is 24.5. The number of imidazole rings is 1. The van der Waals surface area contributed by atoms with Crippen LogP contribution < -0.4 is 5.69 Å². The smallest absolute Gasteiger partial charge is 0.433 e. The van der Waals surface area contributed by atoms with Gasteiger partial charge in [0.2, 0.25) is 0 Å². The predicted octanol–water partition coefficient (Wildman–Crippen LogP) is 5.83. The Hall–Kier alpha value is -3.29. The van der Waals surface area contributed by atoms with Crippen molar-refractivity contribution in [3.05, 3.63) is 81.5 Å². The Morgan fingerprint density at radius 3 is 2.21 bits per heavy atom. The van der Waals surface area contributed by atoms with Crippen LogP contribution in [-0.2, 0) is 25.7 Å². The second-order valence-electron chi connectivity index (χ2n) is 7.96. The minimum atomic E-state index is -4.62. The number of benzene rings is 2. The molecule has 0 aliphatic heterocycles. The number of aromatic carboxylic acids is 1. The minimum absolute atomic E-state index is 0.00467. The van der Waals surface area contributed by atoms with Crippen molar-refractivity contribution in [3.63, 3.8) is 0 Å². The summed E-state index contributed by atoms with van der Waals surface area (Å²) in [6, 6.07) is 13.5. The first-order valence-corrected chi connectivity index (χ1v) is 11.0. The molecule has 8 heteroatoms. The SMILES string of the molecule is CCCCc1c(C(F)(F)F)n(CCC)c(=O)n1Cc1ccc(-c2ccccc2C(=O)O)cc1. The van der Waals surface area contributed by atoms with Gasteiger partial charge in [0.25, 0.3) is 0 Å².